The zero-order valence-corrected chi connectivity index (χ0v) is 18.8. The molecule has 160 valence electrons. The second-order valence-electron chi connectivity index (χ2n) is 8.59. The van der Waals surface area contributed by atoms with E-state index in [-0.39, 0.29) is 17.4 Å². The van der Waals surface area contributed by atoms with Crippen molar-refractivity contribution in [3.05, 3.63) is 59.8 Å². The number of ether oxygens (including phenoxy) is 2. The number of carbonyl (C=O) groups excluding carboxylic acids is 1. The van der Waals surface area contributed by atoms with Gasteiger partial charge in [0, 0.05) is 47.6 Å². The Kier molecular flexibility index (Phi) is 6.40. The molecule has 30 heavy (non-hydrogen) atoms. The fourth-order valence-corrected chi connectivity index (χ4v) is 3.91. The van der Waals surface area contributed by atoms with Crippen LogP contribution in [0.25, 0.3) is 10.9 Å². The van der Waals surface area contributed by atoms with E-state index in [1.807, 2.05) is 51.1 Å². The minimum Gasteiger partial charge on any atom is -0.497 e. The van der Waals surface area contributed by atoms with Crippen LogP contribution < -0.4 is 14.8 Å². The molecule has 0 aliphatic carbocycles. The highest BCUT2D eigenvalue weighted by molar-refractivity contribution is 5.87. The third-order valence-electron chi connectivity index (χ3n) is 5.22. The molecule has 0 bridgehead atoms. The lowest BCUT2D eigenvalue weighted by molar-refractivity contribution is -0.122. The van der Waals surface area contributed by atoms with Gasteiger partial charge in [-0.05, 0) is 57.0 Å². The van der Waals surface area contributed by atoms with Crippen molar-refractivity contribution in [3.8, 4) is 11.5 Å². The van der Waals surface area contributed by atoms with Crippen LogP contribution in [0.5, 0.6) is 11.5 Å². The second-order valence-corrected chi connectivity index (χ2v) is 8.59. The molecule has 0 saturated heterocycles. The van der Waals surface area contributed by atoms with Gasteiger partial charge in [0.2, 0.25) is 5.91 Å². The first-order valence-electron chi connectivity index (χ1n) is 10.4. The Morgan fingerprint density at radius 1 is 1.07 bits per heavy atom. The van der Waals surface area contributed by atoms with Crippen molar-refractivity contribution in [3.63, 3.8) is 0 Å². The van der Waals surface area contributed by atoms with E-state index in [0.29, 0.717) is 17.9 Å². The number of nitrogens with zero attached hydrogens (tertiary/aromatic N) is 1. The lowest BCUT2D eigenvalue weighted by Gasteiger charge is -2.24. The number of methoxy groups -OCH3 is 2. The standard InChI is InChI=1S/C25H32N2O3/c1-7-27-16-22(20-10-8-9-11-23(20)27)21(15-24(28)26-25(2,3)4)17-12-18(29-5)14-19(13-17)30-6/h8-14,16,21H,7,15H2,1-6H3,(H,26,28). The maximum Gasteiger partial charge on any atom is 0.221 e. The van der Waals surface area contributed by atoms with Gasteiger partial charge in [-0.15, -0.1) is 0 Å². The van der Waals surface area contributed by atoms with Crippen molar-refractivity contribution in [2.24, 2.45) is 0 Å². The zero-order chi connectivity index (χ0) is 21.9. The summed E-state index contributed by atoms with van der Waals surface area (Å²) in [7, 11) is 3.28. The molecule has 5 heteroatoms. The lowest BCUT2D eigenvalue weighted by Crippen LogP contribution is -2.41. The van der Waals surface area contributed by atoms with Gasteiger partial charge in [0.1, 0.15) is 11.5 Å². The Morgan fingerprint density at radius 3 is 2.27 bits per heavy atom. The van der Waals surface area contributed by atoms with Gasteiger partial charge in [0.05, 0.1) is 14.2 Å². The van der Waals surface area contributed by atoms with Crippen LogP contribution in [0.4, 0.5) is 0 Å². The third kappa shape index (κ3) is 4.78. The van der Waals surface area contributed by atoms with Crippen molar-refractivity contribution in [1.82, 2.24) is 9.88 Å². The number of aryl methyl sites for hydroxylation is 1. The molecule has 1 atom stereocenters. The maximum atomic E-state index is 13.0. The van der Waals surface area contributed by atoms with Gasteiger partial charge in [0.15, 0.2) is 0 Å². The lowest BCUT2D eigenvalue weighted by atomic mass is 9.87. The van der Waals surface area contributed by atoms with Gasteiger partial charge < -0.3 is 19.4 Å². The van der Waals surface area contributed by atoms with E-state index in [2.05, 4.69) is 35.1 Å². The van der Waals surface area contributed by atoms with Crippen molar-refractivity contribution < 1.29 is 14.3 Å². The molecule has 0 aliphatic heterocycles. The SMILES string of the molecule is CCn1cc(C(CC(=O)NC(C)(C)C)c2cc(OC)cc(OC)c2)c2ccccc21. The number of hydrogen-bond acceptors (Lipinski definition) is 3. The summed E-state index contributed by atoms with van der Waals surface area (Å²) in [6, 6.07) is 14.2. The number of hydrogen-bond donors (Lipinski definition) is 1. The summed E-state index contributed by atoms with van der Waals surface area (Å²) >= 11 is 0. The Morgan fingerprint density at radius 2 is 1.70 bits per heavy atom. The van der Waals surface area contributed by atoms with Crippen LogP contribution in [0.1, 0.15) is 51.2 Å². The molecule has 1 aromatic heterocycles. The first kappa shape index (κ1) is 21.8. The molecule has 1 N–H and O–H groups in total. The van der Waals surface area contributed by atoms with E-state index in [1.54, 1.807) is 14.2 Å². The van der Waals surface area contributed by atoms with Crippen molar-refractivity contribution in [2.45, 2.75) is 52.1 Å². The number of amides is 1. The summed E-state index contributed by atoms with van der Waals surface area (Å²) in [6.45, 7) is 8.99. The summed E-state index contributed by atoms with van der Waals surface area (Å²) in [4.78, 5) is 13.0. The Hall–Kier alpha value is -2.95. The zero-order valence-electron chi connectivity index (χ0n) is 18.8. The van der Waals surface area contributed by atoms with Gasteiger partial charge in [-0.25, -0.2) is 0 Å². The highest BCUT2D eigenvalue weighted by atomic mass is 16.5. The van der Waals surface area contributed by atoms with Gasteiger partial charge in [-0.2, -0.15) is 0 Å². The molecule has 3 rings (SSSR count). The summed E-state index contributed by atoms with van der Waals surface area (Å²) in [6.07, 6.45) is 2.51. The Balaban J connectivity index is 2.15. The average molecular weight is 409 g/mol. The predicted molar refractivity (Wildman–Crippen MR) is 122 cm³/mol. The molecule has 0 aliphatic rings. The van der Waals surface area contributed by atoms with Crippen LogP contribution in [0, 0.1) is 0 Å². The molecule has 1 heterocycles. The molecule has 0 spiro atoms. The first-order valence-corrected chi connectivity index (χ1v) is 10.4. The quantitative estimate of drug-likeness (QED) is 0.591. The molecule has 1 unspecified atom stereocenters. The number of benzene rings is 2. The summed E-state index contributed by atoms with van der Waals surface area (Å²) in [5.41, 5.74) is 3.01. The van der Waals surface area contributed by atoms with Gasteiger partial charge in [0.25, 0.3) is 0 Å². The van der Waals surface area contributed by atoms with Gasteiger partial charge in [-0.3, -0.25) is 4.79 Å². The number of para-hydroxylation sites is 1. The van der Waals surface area contributed by atoms with Gasteiger partial charge >= 0.3 is 0 Å². The molecule has 5 nitrogen and oxygen atoms in total. The van der Waals surface area contributed by atoms with Crippen LogP contribution in [0.3, 0.4) is 0 Å². The summed E-state index contributed by atoms with van der Waals surface area (Å²) in [5, 5.41) is 4.27. The second kappa shape index (κ2) is 8.82. The molecular weight excluding hydrogens is 376 g/mol. The highest BCUT2D eigenvalue weighted by Crippen LogP contribution is 2.38. The minimum atomic E-state index is -0.287. The topological polar surface area (TPSA) is 52.5 Å². The van der Waals surface area contributed by atoms with E-state index in [0.717, 1.165) is 23.1 Å². The number of aromatic nitrogens is 1. The van der Waals surface area contributed by atoms with Crippen LogP contribution in [-0.2, 0) is 11.3 Å². The van der Waals surface area contributed by atoms with Crippen LogP contribution in [-0.4, -0.2) is 30.2 Å². The maximum absolute atomic E-state index is 13.0. The molecule has 2 aromatic carbocycles. The molecule has 0 radical (unpaired) electrons. The van der Waals surface area contributed by atoms with E-state index >= 15 is 0 Å². The fourth-order valence-electron chi connectivity index (χ4n) is 3.91. The van der Waals surface area contributed by atoms with E-state index in [9.17, 15) is 4.79 Å². The Bertz CT molecular complexity index is 1010. The van der Waals surface area contributed by atoms with Gasteiger partial charge in [-0.1, -0.05) is 18.2 Å². The largest absolute Gasteiger partial charge is 0.497 e. The predicted octanol–water partition coefficient (Wildman–Crippen LogP) is 5.12. The molecule has 3 aromatic rings. The van der Waals surface area contributed by atoms with Crippen molar-refractivity contribution in [2.75, 3.05) is 14.2 Å². The molecule has 0 saturated carbocycles. The molecular formula is C25H32N2O3. The highest BCUT2D eigenvalue weighted by Gasteiger charge is 2.25. The van der Waals surface area contributed by atoms with Crippen LogP contribution >= 0.6 is 0 Å². The smallest absolute Gasteiger partial charge is 0.221 e. The van der Waals surface area contributed by atoms with Crippen LogP contribution in [0.15, 0.2) is 48.7 Å². The first-order chi connectivity index (χ1) is 14.3. The minimum absolute atomic E-state index is 0.0163. The monoisotopic (exact) mass is 408 g/mol. The average Bonchev–Trinajstić information content (AvgIpc) is 3.09. The number of fused-ring (bicyclic) bond motifs is 1. The number of rotatable bonds is 7. The van der Waals surface area contributed by atoms with E-state index < -0.39 is 0 Å². The van der Waals surface area contributed by atoms with Crippen molar-refractivity contribution >= 4 is 16.8 Å². The number of carbonyl (C=O) groups is 1. The van der Waals surface area contributed by atoms with E-state index in [4.69, 9.17) is 9.47 Å². The summed E-state index contributed by atoms with van der Waals surface area (Å²) in [5.74, 6) is 1.31. The van der Waals surface area contributed by atoms with E-state index in [1.165, 1.54) is 5.52 Å². The molecule has 0 fully saturated rings. The fraction of sp³-hybridized carbons (Fsp3) is 0.400. The third-order valence-corrected chi connectivity index (χ3v) is 5.22. The molecule has 1 amide bonds. The summed E-state index contributed by atoms with van der Waals surface area (Å²) < 4.78 is 13.2. The Labute approximate surface area is 179 Å². The normalized spacial score (nSPS) is 12.6. The number of nitrogens with one attached hydrogen (secondary N) is 1. The van der Waals surface area contributed by atoms with Crippen molar-refractivity contribution in [1.29, 1.82) is 0 Å². The van der Waals surface area contributed by atoms with Crippen LogP contribution in [0.2, 0.25) is 0 Å².